The first-order valence-corrected chi connectivity index (χ1v) is 12.5. The van der Waals surface area contributed by atoms with Crippen LogP contribution < -0.4 is 27.4 Å². The van der Waals surface area contributed by atoms with Gasteiger partial charge >= 0.3 is 11.9 Å². The van der Waals surface area contributed by atoms with Crippen LogP contribution in [0.2, 0.25) is 0 Å². The molecule has 0 unspecified atom stereocenters. The molecule has 0 aliphatic heterocycles. The summed E-state index contributed by atoms with van der Waals surface area (Å²) in [5.41, 5.74) is 19.6. The Bertz CT molecular complexity index is 1300. The molecule has 1 amide bonds. The van der Waals surface area contributed by atoms with E-state index >= 15 is 0 Å². The molecule has 0 fully saturated rings. The number of rotatable bonds is 15. The lowest BCUT2D eigenvalue weighted by molar-refractivity contribution is -0.140. The van der Waals surface area contributed by atoms with Gasteiger partial charge in [0, 0.05) is 24.2 Å². The molecule has 14 nitrogen and oxygen atoms in total. The third kappa shape index (κ3) is 8.46. The number of hydrogen-bond donors (Lipinski definition) is 6. The molecule has 1 atom stereocenters. The summed E-state index contributed by atoms with van der Waals surface area (Å²) in [5, 5.41) is 20.5. The first-order valence-electron chi connectivity index (χ1n) is 12.5. The number of carbonyl (C=O) groups excluding carboxylic acids is 1. The summed E-state index contributed by atoms with van der Waals surface area (Å²) in [6, 6.07) is 5.38. The number of carboxylic acid groups (broad SMARTS) is 2. The highest BCUT2D eigenvalue weighted by Gasteiger charge is 2.22. The second kappa shape index (κ2) is 13.8. The highest BCUT2D eigenvalue weighted by atomic mass is 16.4. The lowest BCUT2D eigenvalue weighted by Gasteiger charge is -2.25. The van der Waals surface area contributed by atoms with Gasteiger partial charge in [-0.25, -0.2) is 14.8 Å². The molecule has 2 aromatic heterocycles. The molecule has 0 bridgehead atoms. The van der Waals surface area contributed by atoms with Crippen molar-refractivity contribution >= 4 is 46.5 Å². The maximum atomic E-state index is 12.6. The lowest BCUT2D eigenvalue weighted by Crippen LogP contribution is -2.41. The number of anilines is 3. The number of amides is 1. The van der Waals surface area contributed by atoms with Crippen LogP contribution in [-0.2, 0) is 16.1 Å². The molecule has 3 rings (SSSR count). The number of aromatic nitrogens is 4. The molecule has 9 N–H and O–H groups in total. The minimum Gasteiger partial charge on any atom is -0.481 e. The molecule has 208 valence electrons. The summed E-state index contributed by atoms with van der Waals surface area (Å²) in [5.74, 6) is -2.89. The van der Waals surface area contributed by atoms with Crippen LogP contribution in [0.4, 0.5) is 17.5 Å². The maximum Gasteiger partial charge on any atom is 0.326 e. The van der Waals surface area contributed by atoms with Crippen molar-refractivity contribution in [2.45, 2.75) is 51.1 Å². The zero-order valence-electron chi connectivity index (χ0n) is 21.4. The van der Waals surface area contributed by atoms with Gasteiger partial charge in [-0.3, -0.25) is 9.59 Å². The number of nitrogen functional groups attached to an aromatic ring is 2. The zero-order chi connectivity index (χ0) is 28.4. The average molecular weight is 540 g/mol. The van der Waals surface area contributed by atoms with E-state index in [1.165, 1.54) is 0 Å². The maximum absolute atomic E-state index is 12.6. The van der Waals surface area contributed by atoms with E-state index in [-0.39, 0.29) is 30.2 Å². The van der Waals surface area contributed by atoms with Crippen LogP contribution in [0.1, 0.15) is 54.6 Å². The van der Waals surface area contributed by atoms with Crippen molar-refractivity contribution in [2.75, 3.05) is 29.5 Å². The molecule has 39 heavy (non-hydrogen) atoms. The van der Waals surface area contributed by atoms with Crippen LogP contribution in [0.25, 0.3) is 11.2 Å². The number of benzene rings is 1. The van der Waals surface area contributed by atoms with Gasteiger partial charge in [-0.2, -0.15) is 9.97 Å². The second-order valence-corrected chi connectivity index (χ2v) is 8.97. The minimum atomic E-state index is -1.31. The van der Waals surface area contributed by atoms with E-state index in [2.05, 4.69) is 30.2 Å². The van der Waals surface area contributed by atoms with Crippen LogP contribution in [0.5, 0.6) is 0 Å². The van der Waals surface area contributed by atoms with Gasteiger partial charge in [0.2, 0.25) is 5.95 Å². The van der Waals surface area contributed by atoms with Gasteiger partial charge in [0.25, 0.3) is 5.91 Å². The molecule has 0 spiro atoms. The van der Waals surface area contributed by atoms with Gasteiger partial charge in [-0.1, -0.05) is 12.8 Å². The van der Waals surface area contributed by atoms with Crippen molar-refractivity contribution in [3.8, 4) is 0 Å². The van der Waals surface area contributed by atoms with E-state index in [9.17, 15) is 19.5 Å². The van der Waals surface area contributed by atoms with Crippen molar-refractivity contribution in [1.82, 2.24) is 25.3 Å². The fourth-order valence-corrected chi connectivity index (χ4v) is 3.94. The van der Waals surface area contributed by atoms with Gasteiger partial charge in [-0.15, -0.1) is 0 Å². The van der Waals surface area contributed by atoms with Crippen LogP contribution in [-0.4, -0.2) is 67.1 Å². The Morgan fingerprint density at radius 3 is 2.36 bits per heavy atom. The first-order chi connectivity index (χ1) is 18.7. The molecule has 0 aliphatic carbocycles. The topological polar surface area (TPSA) is 237 Å². The Labute approximate surface area is 224 Å². The normalized spacial score (nSPS) is 11.7. The SMILES string of the molecule is NCCCCCCN(Cc1cnc2nc(N)nc(N)c2n1)c1ccc(C(=O)N[C@@H](CCC(=O)O)C(=O)O)cc1. The average Bonchev–Trinajstić information content (AvgIpc) is 2.90. The Morgan fingerprint density at radius 1 is 0.974 bits per heavy atom. The van der Waals surface area contributed by atoms with Crippen molar-refractivity contribution in [1.29, 1.82) is 0 Å². The van der Waals surface area contributed by atoms with Crippen molar-refractivity contribution < 1.29 is 24.6 Å². The van der Waals surface area contributed by atoms with Gasteiger partial charge in [0.15, 0.2) is 17.0 Å². The molecular weight excluding hydrogens is 506 g/mol. The predicted octanol–water partition coefficient (Wildman–Crippen LogP) is 1.16. The summed E-state index contributed by atoms with van der Waals surface area (Å²) in [6.45, 7) is 1.73. The summed E-state index contributed by atoms with van der Waals surface area (Å²) in [6.07, 6.45) is 4.86. The number of nitrogens with one attached hydrogen (secondary N) is 1. The summed E-state index contributed by atoms with van der Waals surface area (Å²) in [4.78, 5) is 53.8. The number of nitrogens with two attached hydrogens (primary N) is 3. The van der Waals surface area contributed by atoms with Crippen LogP contribution in [0.15, 0.2) is 30.5 Å². The van der Waals surface area contributed by atoms with E-state index < -0.39 is 23.9 Å². The molecular formula is C25H33N9O5. The quantitative estimate of drug-likeness (QED) is 0.149. The Hall–Kier alpha value is -4.59. The smallest absolute Gasteiger partial charge is 0.326 e. The monoisotopic (exact) mass is 539 g/mol. The Balaban J connectivity index is 1.77. The number of carboxylic acids is 2. The van der Waals surface area contributed by atoms with E-state index in [1.54, 1.807) is 30.5 Å². The fourth-order valence-electron chi connectivity index (χ4n) is 3.94. The predicted molar refractivity (Wildman–Crippen MR) is 145 cm³/mol. The molecule has 0 radical (unpaired) electrons. The zero-order valence-corrected chi connectivity index (χ0v) is 21.4. The molecule has 14 heteroatoms. The van der Waals surface area contributed by atoms with E-state index in [0.29, 0.717) is 36.5 Å². The van der Waals surface area contributed by atoms with Crippen molar-refractivity contribution in [3.63, 3.8) is 0 Å². The van der Waals surface area contributed by atoms with Gasteiger partial charge in [0.05, 0.1) is 18.4 Å². The van der Waals surface area contributed by atoms with E-state index in [1.807, 2.05) is 0 Å². The minimum absolute atomic E-state index is 0.0156. The molecule has 0 aliphatic rings. The highest BCUT2D eigenvalue weighted by Crippen LogP contribution is 2.21. The van der Waals surface area contributed by atoms with Gasteiger partial charge < -0.3 is 37.6 Å². The number of fused-ring (bicyclic) bond motifs is 1. The van der Waals surface area contributed by atoms with Crippen LogP contribution in [0, 0.1) is 0 Å². The van der Waals surface area contributed by atoms with Crippen LogP contribution in [0.3, 0.4) is 0 Å². The summed E-state index contributed by atoms with van der Waals surface area (Å²) in [7, 11) is 0. The number of nitrogens with zero attached hydrogens (tertiary/aromatic N) is 5. The number of aliphatic carboxylic acids is 2. The molecule has 2 heterocycles. The Morgan fingerprint density at radius 2 is 1.69 bits per heavy atom. The highest BCUT2D eigenvalue weighted by molar-refractivity contribution is 5.97. The summed E-state index contributed by atoms with van der Waals surface area (Å²) >= 11 is 0. The van der Waals surface area contributed by atoms with Crippen molar-refractivity contribution in [2.24, 2.45) is 5.73 Å². The van der Waals surface area contributed by atoms with Crippen LogP contribution >= 0.6 is 0 Å². The van der Waals surface area contributed by atoms with Gasteiger partial charge in [-0.05, 0) is 50.1 Å². The first kappa shape index (κ1) is 29.0. The molecule has 0 saturated carbocycles. The Kier molecular flexibility index (Phi) is 10.3. The number of unbranched alkanes of at least 4 members (excludes halogenated alkanes) is 3. The lowest BCUT2D eigenvalue weighted by atomic mass is 10.1. The fraction of sp³-hybridized carbons (Fsp3) is 0.400. The molecule has 0 saturated heterocycles. The van der Waals surface area contributed by atoms with E-state index in [4.69, 9.17) is 22.3 Å². The van der Waals surface area contributed by atoms with E-state index in [0.717, 1.165) is 31.4 Å². The van der Waals surface area contributed by atoms with Gasteiger partial charge in [0.1, 0.15) is 6.04 Å². The number of carbonyl (C=O) groups is 3. The molecule has 3 aromatic rings. The van der Waals surface area contributed by atoms with Crippen molar-refractivity contribution in [3.05, 3.63) is 41.7 Å². The standard InChI is InChI=1S/C25H33N9O5/c26-11-3-1-2-4-12-34(14-16-13-29-22-20(30-16)21(27)32-25(28)33-22)17-7-5-15(6-8-17)23(37)31-18(24(38)39)9-10-19(35)36/h5-8,13,18H,1-4,9-12,14,26H2,(H,31,37)(H,35,36)(H,38,39)(H4,27,28,29,32,33)/t18-/m0/s1. The third-order valence-electron chi connectivity index (χ3n) is 5.98. The number of hydrogen-bond acceptors (Lipinski definition) is 11. The molecule has 1 aromatic carbocycles. The third-order valence-corrected chi connectivity index (χ3v) is 5.98. The summed E-state index contributed by atoms with van der Waals surface area (Å²) < 4.78 is 0. The second-order valence-electron chi connectivity index (χ2n) is 8.97. The largest absolute Gasteiger partial charge is 0.481 e.